The Morgan fingerprint density at radius 1 is 1.46 bits per heavy atom. The van der Waals surface area contributed by atoms with Gasteiger partial charge in [0.1, 0.15) is 0 Å². The molecular formula is C12H14S. The number of hydrogen-bond donors (Lipinski definition) is 0. The van der Waals surface area contributed by atoms with Crippen LogP contribution in [0.4, 0.5) is 0 Å². The lowest BCUT2D eigenvalue weighted by Gasteiger charge is -1.94. The summed E-state index contributed by atoms with van der Waals surface area (Å²) in [6.07, 6.45) is 7.96. The van der Waals surface area contributed by atoms with E-state index in [4.69, 9.17) is 0 Å². The summed E-state index contributed by atoms with van der Waals surface area (Å²) in [5, 5.41) is 0. The summed E-state index contributed by atoms with van der Waals surface area (Å²) >= 11 is 1.82. The third-order valence-corrected chi connectivity index (χ3v) is 2.80. The van der Waals surface area contributed by atoms with Crippen LogP contribution in [0, 0.1) is 6.92 Å². The fourth-order valence-electron chi connectivity index (χ4n) is 1.08. The molecule has 1 aromatic heterocycles. The molecule has 0 fully saturated rings. The Balaban J connectivity index is 2.91. The Bertz CT molecular complexity index is 340. The van der Waals surface area contributed by atoms with Gasteiger partial charge in [-0.1, -0.05) is 30.9 Å². The van der Waals surface area contributed by atoms with Gasteiger partial charge in [0.05, 0.1) is 0 Å². The van der Waals surface area contributed by atoms with Gasteiger partial charge in [0.25, 0.3) is 0 Å². The van der Waals surface area contributed by atoms with Gasteiger partial charge in [-0.2, -0.15) is 0 Å². The number of allylic oxidation sites excluding steroid dienone is 5. The molecule has 0 aliphatic heterocycles. The molecule has 0 bridgehead atoms. The fraction of sp³-hybridized carbons (Fsp3) is 0.167. The number of rotatable bonds is 3. The molecule has 0 nitrogen and oxygen atoms in total. The van der Waals surface area contributed by atoms with Gasteiger partial charge in [-0.25, -0.2) is 0 Å². The summed E-state index contributed by atoms with van der Waals surface area (Å²) in [5.41, 5.74) is 1.26. The molecule has 0 unspecified atom stereocenters. The minimum absolute atomic E-state index is 1.26. The molecule has 1 rings (SSSR count). The first-order valence-corrected chi connectivity index (χ1v) is 5.12. The van der Waals surface area contributed by atoms with E-state index in [2.05, 4.69) is 44.7 Å². The van der Waals surface area contributed by atoms with Crippen LogP contribution in [0.1, 0.15) is 16.7 Å². The highest BCUT2D eigenvalue weighted by atomic mass is 32.1. The Labute approximate surface area is 83.9 Å². The van der Waals surface area contributed by atoms with Gasteiger partial charge in [-0.15, -0.1) is 11.3 Å². The van der Waals surface area contributed by atoms with E-state index in [-0.39, 0.29) is 0 Å². The molecule has 0 aromatic carbocycles. The summed E-state index contributed by atoms with van der Waals surface area (Å²) in [5.74, 6) is 0. The molecule has 68 valence electrons. The highest BCUT2D eigenvalue weighted by molar-refractivity contribution is 7.13. The van der Waals surface area contributed by atoms with Crippen LogP contribution < -0.4 is 0 Å². The van der Waals surface area contributed by atoms with Crippen molar-refractivity contribution in [2.75, 3.05) is 0 Å². The molecule has 0 saturated heterocycles. The predicted molar refractivity (Wildman–Crippen MR) is 62.0 cm³/mol. The van der Waals surface area contributed by atoms with Crippen LogP contribution in [0.15, 0.2) is 43.0 Å². The van der Waals surface area contributed by atoms with Crippen molar-refractivity contribution in [3.63, 3.8) is 0 Å². The monoisotopic (exact) mass is 190 g/mol. The smallest absolute Gasteiger partial charge is 0.0342 e. The molecule has 0 amide bonds. The molecule has 1 heteroatoms. The van der Waals surface area contributed by atoms with E-state index in [0.29, 0.717) is 0 Å². The van der Waals surface area contributed by atoms with Crippen LogP contribution in [-0.2, 0) is 0 Å². The maximum Gasteiger partial charge on any atom is 0.0342 e. The summed E-state index contributed by atoms with van der Waals surface area (Å²) < 4.78 is 0. The van der Waals surface area contributed by atoms with Crippen LogP contribution in [0.2, 0.25) is 0 Å². The van der Waals surface area contributed by atoms with Crippen molar-refractivity contribution in [2.24, 2.45) is 0 Å². The average Bonchev–Trinajstić information content (AvgIpc) is 2.54. The van der Waals surface area contributed by atoms with Crippen LogP contribution in [0.3, 0.4) is 0 Å². The van der Waals surface area contributed by atoms with Gasteiger partial charge in [-0.05, 0) is 31.6 Å². The average molecular weight is 190 g/mol. The Morgan fingerprint density at radius 2 is 2.23 bits per heavy atom. The molecule has 0 atom stereocenters. The third kappa shape index (κ3) is 2.71. The first kappa shape index (κ1) is 10.0. The van der Waals surface area contributed by atoms with Crippen LogP contribution in [0.25, 0.3) is 5.57 Å². The molecular weight excluding hydrogens is 176 g/mol. The van der Waals surface area contributed by atoms with Crippen molar-refractivity contribution in [2.45, 2.75) is 13.8 Å². The second-order valence-electron chi connectivity index (χ2n) is 2.75. The van der Waals surface area contributed by atoms with E-state index in [0.717, 1.165) is 0 Å². The molecule has 0 aliphatic carbocycles. The minimum Gasteiger partial charge on any atom is -0.141 e. The zero-order chi connectivity index (χ0) is 9.68. The van der Waals surface area contributed by atoms with Gasteiger partial charge in [0.2, 0.25) is 0 Å². The zero-order valence-corrected chi connectivity index (χ0v) is 8.90. The van der Waals surface area contributed by atoms with Crippen molar-refractivity contribution in [3.05, 3.63) is 52.8 Å². The third-order valence-electron chi connectivity index (χ3n) is 1.75. The van der Waals surface area contributed by atoms with Crippen molar-refractivity contribution in [1.82, 2.24) is 0 Å². The molecule has 0 spiro atoms. The van der Waals surface area contributed by atoms with E-state index in [1.54, 1.807) is 6.08 Å². The standard InChI is InChI=1S/C12H14S/c1-4-6-7-11(5-2)12-9-8-10(3)13-12/h4-9H,1H2,2-3H3/b7-6-,11-5+. The van der Waals surface area contributed by atoms with Crippen LogP contribution >= 0.6 is 11.3 Å². The second kappa shape index (κ2) is 4.83. The topological polar surface area (TPSA) is 0 Å². The van der Waals surface area contributed by atoms with Crippen LogP contribution in [-0.4, -0.2) is 0 Å². The summed E-state index contributed by atoms with van der Waals surface area (Å²) in [6.45, 7) is 7.83. The first-order valence-electron chi connectivity index (χ1n) is 4.30. The van der Waals surface area contributed by atoms with Gasteiger partial charge in [0, 0.05) is 9.75 Å². The summed E-state index contributed by atoms with van der Waals surface area (Å²) in [7, 11) is 0. The quantitative estimate of drug-likeness (QED) is 0.626. The zero-order valence-electron chi connectivity index (χ0n) is 8.08. The Kier molecular flexibility index (Phi) is 3.71. The predicted octanol–water partition coefficient (Wildman–Crippen LogP) is 4.20. The van der Waals surface area contributed by atoms with Gasteiger partial charge in [0.15, 0.2) is 0 Å². The molecule has 0 N–H and O–H groups in total. The summed E-state index contributed by atoms with van der Waals surface area (Å²) in [6, 6.07) is 4.30. The molecule has 0 radical (unpaired) electrons. The molecule has 1 aromatic rings. The fourth-order valence-corrected chi connectivity index (χ4v) is 2.00. The lowest BCUT2D eigenvalue weighted by molar-refractivity contribution is 1.64. The van der Waals surface area contributed by atoms with Gasteiger partial charge >= 0.3 is 0 Å². The van der Waals surface area contributed by atoms with E-state index in [1.165, 1.54) is 15.3 Å². The van der Waals surface area contributed by atoms with Gasteiger partial charge < -0.3 is 0 Å². The molecule has 0 aliphatic rings. The first-order chi connectivity index (χ1) is 6.27. The molecule has 0 saturated carbocycles. The van der Waals surface area contributed by atoms with E-state index in [1.807, 2.05) is 17.4 Å². The Hall–Kier alpha value is -1.08. The van der Waals surface area contributed by atoms with Crippen molar-refractivity contribution in [1.29, 1.82) is 0 Å². The maximum absolute atomic E-state index is 3.66. The van der Waals surface area contributed by atoms with Crippen molar-refractivity contribution >= 4 is 16.9 Å². The van der Waals surface area contributed by atoms with Crippen LogP contribution in [0.5, 0.6) is 0 Å². The minimum atomic E-state index is 1.26. The normalized spacial score (nSPS) is 12.3. The highest BCUT2D eigenvalue weighted by Gasteiger charge is 1.98. The lowest BCUT2D eigenvalue weighted by atomic mass is 10.2. The van der Waals surface area contributed by atoms with Crippen molar-refractivity contribution < 1.29 is 0 Å². The number of thiophene rings is 1. The lowest BCUT2D eigenvalue weighted by Crippen LogP contribution is -1.71. The molecule has 13 heavy (non-hydrogen) atoms. The SMILES string of the molecule is C=C/C=C\C(=C/C)c1ccc(C)s1. The second-order valence-corrected chi connectivity index (χ2v) is 4.04. The Morgan fingerprint density at radius 3 is 2.69 bits per heavy atom. The summed E-state index contributed by atoms with van der Waals surface area (Å²) in [4.78, 5) is 2.67. The van der Waals surface area contributed by atoms with E-state index < -0.39 is 0 Å². The highest BCUT2D eigenvalue weighted by Crippen LogP contribution is 2.24. The largest absolute Gasteiger partial charge is 0.141 e. The van der Waals surface area contributed by atoms with E-state index >= 15 is 0 Å². The van der Waals surface area contributed by atoms with Gasteiger partial charge in [-0.3, -0.25) is 0 Å². The molecule has 1 heterocycles. The van der Waals surface area contributed by atoms with Crippen molar-refractivity contribution in [3.8, 4) is 0 Å². The number of aryl methyl sites for hydroxylation is 1. The number of hydrogen-bond acceptors (Lipinski definition) is 1. The van der Waals surface area contributed by atoms with E-state index in [9.17, 15) is 0 Å². The maximum atomic E-state index is 3.66.